The second kappa shape index (κ2) is 4.83. The number of imidazole rings is 1. The van der Waals surface area contributed by atoms with Gasteiger partial charge >= 0.3 is 0 Å². The van der Waals surface area contributed by atoms with Crippen molar-refractivity contribution in [2.24, 2.45) is 5.92 Å². The summed E-state index contributed by atoms with van der Waals surface area (Å²) in [4.78, 5) is 4.25. The van der Waals surface area contributed by atoms with Crippen molar-refractivity contribution in [2.75, 3.05) is 13.6 Å². The van der Waals surface area contributed by atoms with Crippen LogP contribution < -0.4 is 5.32 Å². The zero-order valence-corrected chi connectivity index (χ0v) is 10.4. The molecule has 1 N–H and O–H groups in total. The van der Waals surface area contributed by atoms with Gasteiger partial charge in [0, 0.05) is 12.6 Å². The summed E-state index contributed by atoms with van der Waals surface area (Å²) in [5.74, 6) is 0.579. The summed E-state index contributed by atoms with van der Waals surface area (Å²) in [7, 11) is 1.99. The molecule has 0 bridgehead atoms. The molecule has 0 unspecified atom stereocenters. The molecule has 0 aromatic carbocycles. The van der Waals surface area contributed by atoms with Crippen LogP contribution in [0, 0.1) is 5.92 Å². The lowest BCUT2D eigenvalue weighted by atomic mass is 10.0. The van der Waals surface area contributed by atoms with E-state index in [2.05, 4.69) is 34.8 Å². The highest BCUT2D eigenvalue weighted by molar-refractivity contribution is 5.50. The minimum absolute atomic E-state index is 0.579. The summed E-state index contributed by atoms with van der Waals surface area (Å²) in [6.45, 7) is 5.43. The normalized spacial score (nSPS) is 17.1. The van der Waals surface area contributed by atoms with Crippen LogP contribution >= 0.6 is 0 Å². The number of hydrogen-bond acceptors (Lipinski definition) is 2. The molecule has 3 nitrogen and oxygen atoms in total. The van der Waals surface area contributed by atoms with Crippen molar-refractivity contribution in [3.05, 3.63) is 23.8 Å². The molecule has 1 saturated carbocycles. The predicted octanol–water partition coefficient (Wildman–Crippen LogP) is 2.48. The highest BCUT2D eigenvalue weighted by Crippen LogP contribution is 2.36. The van der Waals surface area contributed by atoms with Gasteiger partial charge in [-0.25, -0.2) is 4.98 Å². The fourth-order valence-corrected chi connectivity index (χ4v) is 1.90. The first-order chi connectivity index (χ1) is 7.72. The number of aromatic nitrogens is 2. The van der Waals surface area contributed by atoms with Crippen LogP contribution in [0.3, 0.4) is 0 Å². The molecule has 0 atom stereocenters. The highest BCUT2D eigenvalue weighted by Gasteiger charge is 2.24. The number of hydrogen-bond donors (Lipinski definition) is 1. The van der Waals surface area contributed by atoms with Crippen LogP contribution in [0.2, 0.25) is 0 Å². The quantitative estimate of drug-likeness (QED) is 0.824. The monoisotopic (exact) mass is 219 g/mol. The maximum atomic E-state index is 4.25. The van der Waals surface area contributed by atoms with Gasteiger partial charge in [-0.15, -0.1) is 0 Å². The van der Waals surface area contributed by atoms with E-state index < -0.39 is 0 Å². The Morgan fingerprint density at radius 3 is 2.94 bits per heavy atom. The van der Waals surface area contributed by atoms with Gasteiger partial charge in [0.25, 0.3) is 0 Å². The van der Waals surface area contributed by atoms with Crippen molar-refractivity contribution >= 4 is 6.08 Å². The molecule has 2 rings (SSSR count). The van der Waals surface area contributed by atoms with Gasteiger partial charge in [-0.3, -0.25) is 0 Å². The van der Waals surface area contributed by atoms with Crippen LogP contribution in [0.25, 0.3) is 6.08 Å². The molecule has 0 saturated heterocycles. The van der Waals surface area contributed by atoms with E-state index >= 15 is 0 Å². The molecule has 1 aliphatic carbocycles. The summed E-state index contributed by atoms with van der Waals surface area (Å²) in [5.41, 5.74) is 2.69. The van der Waals surface area contributed by atoms with Gasteiger partial charge in [-0.05, 0) is 31.9 Å². The summed E-state index contributed by atoms with van der Waals surface area (Å²) < 4.78 is 2.30. The Labute approximate surface area is 97.6 Å². The molecule has 3 heteroatoms. The maximum absolute atomic E-state index is 4.25. The topological polar surface area (TPSA) is 29.9 Å². The van der Waals surface area contributed by atoms with E-state index in [-0.39, 0.29) is 0 Å². The molecule has 1 heterocycles. The van der Waals surface area contributed by atoms with E-state index in [0.29, 0.717) is 12.0 Å². The lowest BCUT2D eigenvalue weighted by molar-refractivity contribution is 0.704. The van der Waals surface area contributed by atoms with Crippen molar-refractivity contribution < 1.29 is 0 Å². The second-order valence-corrected chi connectivity index (χ2v) is 4.86. The molecular weight excluding hydrogens is 198 g/mol. The van der Waals surface area contributed by atoms with Crippen LogP contribution in [0.1, 0.15) is 38.4 Å². The van der Waals surface area contributed by atoms with Gasteiger partial charge in [0.05, 0.1) is 18.2 Å². The summed E-state index contributed by atoms with van der Waals surface area (Å²) in [6.07, 6.45) is 8.82. The Kier molecular flexibility index (Phi) is 3.44. The first-order valence-electron chi connectivity index (χ1n) is 6.09. The van der Waals surface area contributed by atoms with Crippen LogP contribution in [0.5, 0.6) is 0 Å². The van der Waals surface area contributed by atoms with Gasteiger partial charge in [-0.1, -0.05) is 19.4 Å². The third kappa shape index (κ3) is 2.53. The minimum atomic E-state index is 0.579. The zero-order chi connectivity index (χ0) is 11.5. The zero-order valence-electron chi connectivity index (χ0n) is 10.4. The Morgan fingerprint density at radius 2 is 2.38 bits per heavy atom. The van der Waals surface area contributed by atoms with E-state index in [0.717, 1.165) is 6.54 Å². The Hall–Kier alpha value is -1.09. The second-order valence-electron chi connectivity index (χ2n) is 4.86. The molecular formula is C13H21N3. The first kappa shape index (κ1) is 11.4. The fraction of sp³-hybridized carbons (Fsp3) is 0.615. The van der Waals surface area contributed by atoms with Crippen molar-refractivity contribution in [1.29, 1.82) is 0 Å². The van der Waals surface area contributed by atoms with Gasteiger partial charge < -0.3 is 9.88 Å². The van der Waals surface area contributed by atoms with E-state index in [1.165, 1.54) is 24.1 Å². The predicted molar refractivity (Wildman–Crippen MR) is 67.2 cm³/mol. The van der Waals surface area contributed by atoms with E-state index in [9.17, 15) is 0 Å². The van der Waals surface area contributed by atoms with Gasteiger partial charge in [0.2, 0.25) is 0 Å². The largest absolute Gasteiger partial charge is 0.328 e. The van der Waals surface area contributed by atoms with Crippen molar-refractivity contribution in [1.82, 2.24) is 14.9 Å². The standard InChI is InChI=1S/C13H21N3/c1-10(2)11(7-14-3)6-13-8-15-9-16(13)12-4-5-12/h6,8-10,12,14H,4-5,7H2,1-3H3. The molecule has 0 aliphatic heterocycles. The molecule has 1 aliphatic rings. The van der Waals surface area contributed by atoms with E-state index in [1.807, 2.05) is 19.6 Å². The molecule has 1 aromatic rings. The van der Waals surface area contributed by atoms with Crippen LogP contribution in [-0.2, 0) is 0 Å². The first-order valence-corrected chi connectivity index (χ1v) is 6.09. The van der Waals surface area contributed by atoms with E-state index in [4.69, 9.17) is 0 Å². The van der Waals surface area contributed by atoms with Crippen LogP contribution in [0.4, 0.5) is 0 Å². The summed E-state index contributed by atoms with van der Waals surface area (Å²) >= 11 is 0. The highest BCUT2D eigenvalue weighted by atomic mass is 15.1. The molecule has 1 fully saturated rings. The average molecular weight is 219 g/mol. The van der Waals surface area contributed by atoms with Crippen LogP contribution in [-0.4, -0.2) is 23.1 Å². The Balaban J connectivity index is 2.21. The molecule has 16 heavy (non-hydrogen) atoms. The van der Waals surface area contributed by atoms with E-state index in [1.54, 1.807) is 0 Å². The van der Waals surface area contributed by atoms with Crippen molar-refractivity contribution in [3.63, 3.8) is 0 Å². The molecule has 1 aromatic heterocycles. The SMILES string of the molecule is CNCC(=Cc1cncn1C1CC1)C(C)C. The lowest BCUT2D eigenvalue weighted by Gasteiger charge is -2.11. The number of likely N-dealkylation sites (N-methyl/N-ethyl adjacent to an activating group) is 1. The third-order valence-corrected chi connectivity index (χ3v) is 3.09. The molecule has 0 amide bonds. The Morgan fingerprint density at radius 1 is 1.62 bits per heavy atom. The van der Waals surface area contributed by atoms with Crippen molar-refractivity contribution in [2.45, 2.75) is 32.7 Å². The maximum Gasteiger partial charge on any atom is 0.0953 e. The molecule has 88 valence electrons. The summed E-state index contributed by atoms with van der Waals surface area (Å²) in [5, 5.41) is 3.23. The van der Waals surface area contributed by atoms with Gasteiger partial charge in [0.1, 0.15) is 0 Å². The van der Waals surface area contributed by atoms with Crippen LogP contribution in [0.15, 0.2) is 18.1 Å². The minimum Gasteiger partial charge on any atom is -0.328 e. The lowest BCUT2D eigenvalue weighted by Crippen LogP contribution is -2.14. The third-order valence-electron chi connectivity index (χ3n) is 3.09. The fourth-order valence-electron chi connectivity index (χ4n) is 1.90. The van der Waals surface area contributed by atoms with Crippen molar-refractivity contribution in [3.8, 4) is 0 Å². The summed E-state index contributed by atoms with van der Waals surface area (Å²) in [6, 6.07) is 0.705. The molecule has 0 spiro atoms. The molecule has 0 radical (unpaired) electrons. The average Bonchev–Trinajstić information content (AvgIpc) is 2.99. The van der Waals surface area contributed by atoms with Gasteiger partial charge in [-0.2, -0.15) is 0 Å². The number of nitrogens with one attached hydrogen (secondary N) is 1. The number of nitrogens with zero attached hydrogens (tertiary/aromatic N) is 2. The smallest absolute Gasteiger partial charge is 0.0953 e. The van der Waals surface area contributed by atoms with Gasteiger partial charge in [0.15, 0.2) is 0 Å². The Bertz CT molecular complexity index is 372. The number of rotatable bonds is 5.